The van der Waals surface area contributed by atoms with Crippen LogP contribution in [0.15, 0.2) is 30.4 Å². The van der Waals surface area contributed by atoms with E-state index in [9.17, 15) is 15.0 Å². The fraction of sp³-hybridized carbons (Fsp3) is 0.609. The second-order valence-corrected chi connectivity index (χ2v) is 8.24. The number of aliphatic hydroxyl groups excluding tert-OH is 2. The quantitative estimate of drug-likeness (QED) is 0.446. The van der Waals surface area contributed by atoms with Crippen LogP contribution in [0, 0.1) is 17.8 Å². The number of hydrogen-bond donors (Lipinski definition) is 3. The van der Waals surface area contributed by atoms with E-state index in [2.05, 4.69) is 13.0 Å². The van der Waals surface area contributed by atoms with Crippen LogP contribution < -0.4 is 4.74 Å². The third-order valence-electron chi connectivity index (χ3n) is 6.25. The summed E-state index contributed by atoms with van der Waals surface area (Å²) < 4.78 is 5.48. The van der Waals surface area contributed by atoms with Crippen LogP contribution >= 0.6 is 0 Å². The molecule has 0 aliphatic heterocycles. The van der Waals surface area contributed by atoms with Crippen LogP contribution in [-0.2, 0) is 17.6 Å². The molecule has 1 aromatic rings. The molecule has 1 fully saturated rings. The number of hydrogen-bond acceptors (Lipinski definition) is 4. The van der Waals surface area contributed by atoms with Gasteiger partial charge in [0.15, 0.2) is 6.61 Å². The van der Waals surface area contributed by atoms with Crippen LogP contribution in [0.2, 0.25) is 0 Å². The molecule has 0 bridgehead atoms. The van der Waals surface area contributed by atoms with Crippen LogP contribution in [0.1, 0.15) is 50.2 Å². The monoisotopic (exact) mass is 388 g/mol. The number of carboxylic acid groups (broad SMARTS) is 1. The Morgan fingerprint density at radius 1 is 1.32 bits per heavy atom. The predicted molar refractivity (Wildman–Crippen MR) is 107 cm³/mol. The van der Waals surface area contributed by atoms with E-state index >= 15 is 0 Å². The number of carboxylic acids is 1. The highest BCUT2D eigenvalue weighted by molar-refractivity contribution is 5.68. The summed E-state index contributed by atoms with van der Waals surface area (Å²) in [5.74, 6) is 0.422. The number of rotatable bonds is 9. The largest absolute Gasteiger partial charge is 0.482 e. The third kappa shape index (κ3) is 4.95. The molecule has 1 aromatic carbocycles. The lowest BCUT2D eigenvalue weighted by Crippen LogP contribution is -2.26. The Bertz CT molecular complexity index is 698. The van der Waals surface area contributed by atoms with Crippen molar-refractivity contribution in [1.29, 1.82) is 0 Å². The second kappa shape index (κ2) is 9.57. The summed E-state index contributed by atoms with van der Waals surface area (Å²) in [5, 5.41) is 29.7. The Balaban J connectivity index is 1.69. The molecule has 2 aliphatic rings. The molecule has 5 heteroatoms. The minimum Gasteiger partial charge on any atom is -0.482 e. The molecule has 0 spiro atoms. The maximum atomic E-state index is 10.8. The van der Waals surface area contributed by atoms with Gasteiger partial charge in [0.05, 0.1) is 12.2 Å². The molecule has 0 saturated heterocycles. The molecule has 3 N–H and O–H groups in total. The summed E-state index contributed by atoms with van der Waals surface area (Å²) in [5.41, 5.74) is 2.27. The van der Waals surface area contributed by atoms with E-state index in [1.165, 1.54) is 5.56 Å². The lowest BCUT2D eigenvalue weighted by atomic mass is 9.74. The van der Waals surface area contributed by atoms with Crippen molar-refractivity contribution >= 4 is 5.97 Å². The number of ether oxygens (including phenoxy) is 1. The molecule has 154 valence electrons. The molecule has 5 nitrogen and oxygen atoms in total. The van der Waals surface area contributed by atoms with Gasteiger partial charge in [-0.15, -0.1) is 0 Å². The molecule has 0 heterocycles. The zero-order valence-electron chi connectivity index (χ0n) is 16.6. The van der Waals surface area contributed by atoms with Crippen LogP contribution in [0.3, 0.4) is 0 Å². The van der Waals surface area contributed by atoms with Crippen molar-refractivity contribution in [2.75, 3.05) is 6.61 Å². The summed E-state index contributed by atoms with van der Waals surface area (Å²) >= 11 is 0. The van der Waals surface area contributed by atoms with Crippen LogP contribution in [0.4, 0.5) is 0 Å². The first-order valence-electron chi connectivity index (χ1n) is 10.5. The fourth-order valence-electron chi connectivity index (χ4n) is 4.83. The molecular formula is C23H32O5. The summed E-state index contributed by atoms with van der Waals surface area (Å²) in [4.78, 5) is 10.8. The van der Waals surface area contributed by atoms with Gasteiger partial charge >= 0.3 is 5.97 Å². The summed E-state index contributed by atoms with van der Waals surface area (Å²) in [6, 6.07) is 5.81. The van der Waals surface area contributed by atoms with E-state index in [4.69, 9.17) is 9.84 Å². The number of benzene rings is 1. The first-order chi connectivity index (χ1) is 13.5. The van der Waals surface area contributed by atoms with Crippen LogP contribution in [-0.4, -0.2) is 40.1 Å². The molecule has 5 atom stereocenters. The Labute approximate surface area is 167 Å². The van der Waals surface area contributed by atoms with Gasteiger partial charge < -0.3 is 20.1 Å². The molecule has 2 aliphatic carbocycles. The van der Waals surface area contributed by atoms with Gasteiger partial charge in [-0.05, 0) is 54.7 Å². The van der Waals surface area contributed by atoms with E-state index in [0.717, 1.165) is 50.5 Å². The van der Waals surface area contributed by atoms with E-state index in [0.29, 0.717) is 17.6 Å². The number of carbonyl (C=O) groups is 1. The van der Waals surface area contributed by atoms with Gasteiger partial charge in [0, 0.05) is 5.92 Å². The average molecular weight is 389 g/mol. The van der Waals surface area contributed by atoms with E-state index in [1.54, 1.807) is 0 Å². The summed E-state index contributed by atoms with van der Waals surface area (Å²) in [6.45, 7) is 1.81. The maximum absolute atomic E-state index is 10.8. The van der Waals surface area contributed by atoms with E-state index < -0.39 is 18.2 Å². The number of fused-ring (bicyclic) bond motifs is 2. The van der Waals surface area contributed by atoms with Gasteiger partial charge in [-0.3, -0.25) is 0 Å². The smallest absolute Gasteiger partial charge is 0.341 e. The standard InChI is InChI=1S/C23H32O5/c1-2-3-4-7-17(24)9-10-18-19-11-15-6-5-8-22(28-14-23(26)27)20(15)12-16(19)13-21(18)25/h5-6,8-10,16-19,21,24-25H,2-4,7,11-14H2,1H3,(H,26,27)/t16-,17?,18+,19-,21+/m0/s1. The molecule has 0 aromatic heterocycles. The molecule has 3 rings (SSSR count). The van der Waals surface area contributed by atoms with Crippen molar-refractivity contribution in [2.45, 2.75) is 64.1 Å². The first-order valence-corrected chi connectivity index (χ1v) is 10.5. The van der Waals surface area contributed by atoms with Crippen molar-refractivity contribution in [1.82, 2.24) is 0 Å². The zero-order chi connectivity index (χ0) is 20.1. The number of aliphatic hydroxyl groups is 2. The van der Waals surface area contributed by atoms with Crippen LogP contribution in [0.25, 0.3) is 0 Å². The van der Waals surface area contributed by atoms with Crippen molar-refractivity contribution < 1.29 is 24.9 Å². The van der Waals surface area contributed by atoms with Gasteiger partial charge in [-0.1, -0.05) is 50.5 Å². The lowest BCUT2D eigenvalue weighted by molar-refractivity contribution is -0.139. The Morgan fingerprint density at radius 3 is 2.89 bits per heavy atom. The second-order valence-electron chi connectivity index (χ2n) is 8.24. The molecule has 1 saturated carbocycles. The molecule has 1 unspecified atom stereocenters. The van der Waals surface area contributed by atoms with E-state index in [-0.39, 0.29) is 12.5 Å². The fourth-order valence-corrected chi connectivity index (χ4v) is 4.83. The summed E-state index contributed by atoms with van der Waals surface area (Å²) in [7, 11) is 0. The van der Waals surface area contributed by atoms with Crippen LogP contribution in [0.5, 0.6) is 5.75 Å². The molecule has 0 radical (unpaired) electrons. The average Bonchev–Trinajstić information content (AvgIpc) is 2.97. The highest BCUT2D eigenvalue weighted by Gasteiger charge is 2.44. The number of unbranched alkanes of at least 4 members (excludes halogenated alkanes) is 2. The minimum absolute atomic E-state index is 0.0579. The number of aliphatic carboxylic acids is 1. The molecular weight excluding hydrogens is 356 g/mol. The topological polar surface area (TPSA) is 87.0 Å². The normalized spacial score (nSPS) is 27.4. The summed E-state index contributed by atoms with van der Waals surface area (Å²) in [6.07, 6.45) is 9.51. The Hall–Kier alpha value is -1.85. The lowest BCUT2D eigenvalue weighted by Gasteiger charge is -2.31. The van der Waals surface area contributed by atoms with Gasteiger partial charge in [0.25, 0.3) is 0 Å². The predicted octanol–water partition coefficient (Wildman–Crippen LogP) is 3.36. The first kappa shape index (κ1) is 20.9. The maximum Gasteiger partial charge on any atom is 0.341 e. The van der Waals surface area contributed by atoms with Crippen molar-refractivity contribution in [3.05, 3.63) is 41.5 Å². The Kier molecular flexibility index (Phi) is 7.13. The van der Waals surface area contributed by atoms with Gasteiger partial charge in [-0.2, -0.15) is 0 Å². The zero-order valence-corrected chi connectivity index (χ0v) is 16.6. The minimum atomic E-state index is -0.981. The van der Waals surface area contributed by atoms with Gasteiger partial charge in [0.2, 0.25) is 0 Å². The molecule has 0 amide bonds. The molecule has 28 heavy (non-hydrogen) atoms. The van der Waals surface area contributed by atoms with Crippen molar-refractivity contribution in [2.24, 2.45) is 17.8 Å². The van der Waals surface area contributed by atoms with Crippen molar-refractivity contribution in [3.8, 4) is 5.75 Å². The third-order valence-corrected chi connectivity index (χ3v) is 6.25. The van der Waals surface area contributed by atoms with Crippen molar-refractivity contribution in [3.63, 3.8) is 0 Å². The highest BCUT2D eigenvalue weighted by Crippen LogP contribution is 2.47. The highest BCUT2D eigenvalue weighted by atomic mass is 16.5. The van der Waals surface area contributed by atoms with Gasteiger partial charge in [-0.25, -0.2) is 4.79 Å². The Morgan fingerprint density at radius 2 is 2.14 bits per heavy atom. The van der Waals surface area contributed by atoms with E-state index in [1.807, 2.05) is 24.3 Å². The van der Waals surface area contributed by atoms with Gasteiger partial charge in [0.1, 0.15) is 5.75 Å². The SMILES string of the molecule is CCCCCC(O)C=C[C@@H]1[C@H]2Cc3cccc(OCC(=O)O)c3C[C@H]2C[C@H]1O.